The van der Waals surface area contributed by atoms with E-state index in [2.05, 4.69) is 5.32 Å². The minimum absolute atomic E-state index is 0.0370. The van der Waals surface area contributed by atoms with Crippen molar-refractivity contribution in [3.63, 3.8) is 0 Å². The summed E-state index contributed by atoms with van der Waals surface area (Å²) in [5.41, 5.74) is 5.23. The van der Waals surface area contributed by atoms with E-state index in [0.717, 1.165) is 6.42 Å². The van der Waals surface area contributed by atoms with Gasteiger partial charge in [0.25, 0.3) is 0 Å². The van der Waals surface area contributed by atoms with E-state index in [9.17, 15) is 9.59 Å². The van der Waals surface area contributed by atoms with E-state index in [1.165, 1.54) is 0 Å². The summed E-state index contributed by atoms with van der Waals surface area (Å²) in [6, 6.07) is -0.130. The Kier molecular flexibility index (Phi) is 4.08. The first-order chi connectivity index (χ1) is 7.02. The van der Waals surface area contributed by atoms with Gasteiger partial charge in [-0.3, -0.25) is 9.59 Å². The van der Waals surface area contributed by atoms with E-state index in [4.69, 9.17) is 5.73 Å². The van der Waals surface area contributed by atoms with Crippen molar-refractivity contribution in [2.75, 3.05) is 13.1 Å². The highest BCUT2D eigenvalue weighted by molar-refractivity contribution is 5.88. The van der Waals surface area contributed by atoms with Crippen LogP contribution in [0.5, 0.6) is 0 Å². The SMILES string of the molecule is CC(C)NCC(=O)N1CCCC1C(N)=O. The van der Waals surface area contributed by atoms with Crippen molar-refractivity contribution >= 4 is 11.8 Å². The van der Waals surface area contributed by atoms with Gasteiger partial charge in [-0.15, -0.1) is 0 Å². The normalized spacial score (nSPS) is 21.0. The Balaban J connectivity index is 2.47. The van der Waals surface area contributed by atoms with Gasteiger partial charge in [0.15, 0.2) is 0 Å². The number of hydrogen-bond acceptors (Lipinski definition) is 3. The lowest BCUT2D eigenvalue weighted by molar-refractivity contribution is -0.136. The van der Waals surface area contributed by atoms with Crippen LogP contribution in [0.4, 0.5) is 0 Å². The Morgan fingerprint density at radius 1 is 1.53 bits per heavy atom. The van der Waals surface area contributed by atoms with Crippen LogP contribution in [0.1, 0.15) is 26.7 Å². The van der Waals surface area contributed by atoms with Gasteiger partial charge >= 0.3 is 0 Å². The van der Waals surface area contributed by atoms with E-state index in [1.807, 2.05) is 13.8 Å². The summed E-state index contributed by atoms with van der Waals surface area (Å²) in [6.07, 6.45) is 1.56. The van der Waals surface area contributed by atoms with Gasteiger partial charge in [0.05, 0.1) is 6.54 Å². The molecule has 5 heteroatoms. The van der Waals surface area contributed by atoms with E-state index < -0.39 is 11.9 Å². The summed E-state index contributed by atoms with van der Waals surface area (Å²) in [5.74, 6) is -0.435. The molecule has 1 aliphatic rings. The monoisotopic (exact) mass is 213 g/mol. The van der Waals surface area contributed by atoms with Gasteiger partial charge in [-0.1, -0.05) is 13.8 Å². The summed E-state index contributed by atoms with van der Waals surface area (Å²) < 4.78 is 0. The molecule has 0 aromatic carbocycles. The van der Waals surface area contributed by atoms with Gasteiger partial charge in [0, 0.05) is 12.6 Å². The minimum atomic E-state index is -0.398. The van der Waals surface area contributed by atoms with Gasteiger partial charge in [-0.25, -0.2) is 0 Å². The van der Waals surface area contributed by atoms with Crippen LogP contribution in [-0.4, -0.2) is 41.9 Å². The predicted molar refractivity (Wildman–Crippen MR) is 57.1 cm³/mol. The number of primary amides is 1. The highest BCUT2D eigenvalue weighted by Crippen LogP contribution is 2.16. The largest absolute Gasteiger partial charge is 0.368 e. The van der Waals surface area contributed by atoms with E-state index in [-0.39, 0.29) is 18.5 Å². The summed E-state index contributed by atoms with van der Waals surface area (Å²) in [4.78, 5) is 24.4. The molecule has 2 amide bonds. The van der Waals surface area contributed by atoms with Crippen molar-refractivity contribution in [1.82, 2.24) is 10.2 Å². The van der Waals surface area contributed by atoms with Gasteiger partial charge < -0.3 is 16.0 Å². The highest BCUT2D eigenvalue weighted by Gasteiger charge is 2.32. The molecule has 15 heavy (non-hydrogen) atoms. The lowest BCUT2D eigenvalue weighted by Crippen LogP contribution is -2.47. The molecule has 3 N–H and O–H groups in total. The lowest BCUT2D eigenvalue weighted by atomic mass is 10.2. The zero-order valence-corrected chi connectivity index (χ0v) is 9.32. The van der Waals surface area contributed by atoms with Crippen LogP contribution in [0.25, 0.3) is 0 Å². The number of carbonyl (C=O) groups excluding carboxylic acids is 2. The first-order valence-electron chi connectivity index (χ1n) is 5.34. The fraction of sp³-hybridized carbons (Fsp3) is 0.800. The topological polar surface area (TPSA) is 75.4 Å². The molecule has 86 valence electrons. The van der Waals surface area contributed by atoms with E-state index in [0.29, 0.717) is 13.0 Å². The third-order valence-corrected chi connectivity index (χ3v) is 2.56. The summed E-state index contributed by atoms with van der Waals surface area (Å²) in [5, 5.41) is 3.04. The molecule has 1 unspecified atom stereocenters. The standard InChI is InChI=1S/C10H19N3O2/c1-7(2)12-6-9(14)13-5-3-4-8(13)10(11)15/h7-8,12H,3-6H2,1-2H3,(H2,11,15). The first-order valence-corrected chi connectivity index (χ1v) is 5.34. The third kappa shape index (κ3) is 3.20. The molecular weight excluding hydrogens is 194 g/mol. The molecule has 0 aromatic rings. The number of carbonyl (C=O) groups is 2. The molecule has 5 nitrogen and oxygen atoms in total. The fourth-order valence-corrected chi connectivity index (χ4v) is 1.75. The van der Waals surface area contributed by atoms with Crippen molar-refractivity contribution < 1.29 is 9.59 Å². The molecule has 0 saturated carbocycles. The summed E-state index contributed by atoms with van der Waals surface area (Å²) >= 11 is 0. The molecule has 0 aromatic heterocycles. The molecular formula is C10H19N3O2. The zero-order valence-electron chi connectivity index (χ0n) is 9.32. The highest BCUT2D eigenvalue weighted by atomic mass is 16.2. The molecule has 0 spiro atoms. The van der Waals surface area contributed by atoms with Crippen LogP contribution < -0.4 is 11.1 Å². The Labute approximate surface area is 90.0 Å². The number of amides is 2. The molecule has 1 heterocycles. The Morgan fingerprint density at radius 2 is 2.20 bits per heavy atom. The summed E-state index contributed by atoms with van der Waals surface area (Å²) in [6.45, 7) is 4.87. The number of nitrogens with one attached hydrogen (secondary N) is 1. The van der Waals surface area contributed by atoms with E-state index >= 15 is 0 Å². The molecule has 0 aliphatic carbocycles. The van der Waals surface area contributed by atoms with Crippen molar-refractivity contribution in [1.29, 1.82) is 0 Å². The number of hydrogen-bond donors (Lipinski definition) is 2. The Hall–Kier alpha value is -1.10. The van der Waals surface area contributed by atoms with Gasteiger partial charge in [0.2, 0.25) is 11.8 Å². The second-order valence-electron chi connectivity index (χ2n) is 4.18. The van der Waals surface area contributed by atoms with Crippen molar-refractivity contribution in [2.45, 2.75) is 38.8 Å². The number of likely N-dealkylation sites (tertiary alicyclic amines) is 1. The molecule has 1 fully saturated rings. The maximum atomic E-state index is 11.7. The van der Waals surface area contributed by atoms with Crippen molar-refractivity contribution in [3.8, 4) is 0 Å². The van der Waals surface area contributed by atoms with E-state index in [1.54, 1.807) is 4.90 Å². The summed E-state index contributed by atoms with van der Waals surface area (Å²) in [7, 11) is 0. The molecule has 1 saturated heterocycles. The number of rotatable bonds is 4. The second-order valence-corrected chi connectivity index (χ2v) is 4.18. The van der Waals surface area contributed by atoms with Crippen LogP contribution >= 0.6 is 0 Å². The minimum Gasteiger partial charge on any atom is -0.368 e. The van der Waals surface area contributed by atoms with Crippen molar-refractivity contribution in [3.05, 3.63) is 0 Å². The number of nitrogens with two attached hydrogens (primary N) is 1. The Bertz CT molecular complexity index is 253. The zero-order chi connectivity index (χ0) is 11.4. The predicted octanol–water partition coefficient (Wildman–Crippen LogP) is -0.539. The Morgan fingerprint density at radius 3 is 2.73 bits per heavy atom. The van der Waals surface area contributed by atoms with Crippen LogP contribution in [0.15, 0.2) is 0 Å². The second kappa shape index (κ2) is 5.11. The van der Waals surface area contributed by atoms with Crippen LogP contribution in [0.2, 0.25) is 0 Å². The smallest absolute Gasteiger partial charge is 0.240 e. The first kappa shape index (κ1) is 12.0. The third-order valence-electron chi connectivity index (χ3n) is 2.56. The fourth-order valence-electron chi connectivity index (χ4n) is 1.75. The van der Waals surface area contributed by atoms with Crippen LogP contribution in [-0.2, 0) is 9.59 Å². The van der Waals surface area contributed by atoms with Crippen molar-refractivity contribution in [2.24, 2.45) is 5.73 Å². The number of nitrogens with zero attached hydrogens (tertiary/aromatic N) is 1. The molecule has 1 aliphatic heterocycles. The average molecular weight is 213 g/mol. The maximum Gasteiger partial charge on any atom is 0.240 e. The maximum absolute atomic E-state index is 11.7. The van der Waals surface area contributed by atoms with Gasteiger partial charge in [0.1, 0.15) is 6.04 Å². The lowest BCUT2D eigenvalue weighted by Gasteiger charge is -2.22. The molecule has 0 radical (unpaired) electrons. The van der Waals surface area contributed by atoms with Crippen LogP contribution in [0.3, 0.4) is 0 Å². The molecule has 0 bridgehead atoms. The molecule has 1 atom stereocenters. The quantitative estimate of drug-likeness (QED) is 0.658. The van der Waals surface area contributed by atoms with Gasteiger partial charge in [-0.2, -0.15) is 0 Å². The molecule has 1 rings (SSSR count). The van der Waals surface area contributed by atoms with Crippen LogP contribution in [0, 0.1) is 0 Å². The average Bonchev–Trinajstić information content (AvgIpc) is 2.62. The van der Waals surface area contributed by atoms with Gasteiger partial charge in [-0.05, 0) is 12.8 Å².